The Balaban J connectivity index is 2.34. The van der Waals surface area contributed by atoms with E-state index in [1.165, 1.54) is 13.3 Å². The summed E-state index contributed by atoms with van der Waals surface area (Å²) >= 11 is 0. The van der Waals surface area contributed by atoms with Crippen LogP contribution in [0.5, 0.6) is 0 Å². The number of aliphatic hydroxyl groups is 1. The molecule has 88 valence electrons. The van der Waals surface area contributed by atoms with Crippen molar-refractivity contribution in [3.05, 3.63) is 0 Å². The topological polar surface area (TPSA) is 72.8 Å². The van der Waals surface area contributed by atoms with Crippen molar-refractivity contribution in [3.63, 3.8) is 0 Å². The summed E-state index contributed by atoms with van der Waals surface area (Å²) in [7, 11) is 1.83. The van der Waals surface area contributed by atoms with Gasteiger partial charge in [0, 0.05) is 19.1 Å². The first-order valence-electron chi connectivity index (χ1n) is 5.29. The number of aliphatic carboxylic acids is 1. The molecule has 2 unspecified atom stereocenters. The summed E-state index contributed by atoms with van der Waals surface area (Å²) in [4.78, 5) is 12.6. The Bertz CT molecular complexity index is 225. The molecule has 1 heterocycles. The largest absolute Gasteiger partial charge is 0.479 e. The first-order valence-corrected chi connectivity index (χ1v) is 5.29. The molecular weight excluding hydrogens is 196 g/mol. The lowest BCUT2D eigenvalue weighted by Gasteiger charge is -2.27. The summed E-state index contributed by atoms with van der Waals surface area (Å²) in [5, 5.41) is 21.7. The molecule has 0 aliphatic carbocycles. The molecule has 5 nitrogen and oxygen atoms in total. The summed E-state index contributed by atoms with van der Waals surface area (Å²) in [6.45, 7) is 3.30. The molecule has 1 aliphatic rings. The van der Waals surface area contributed by atoms with Crippen LogP contribution >= 0.6 is 0 Å². The van der Waals surface area contributed by atoms with E-state index in [-0.39, 0.29) is 6.54 Å². The third-order valence-corrected chi connectivity index (χ3v) is 2.73. The van der Waals surface area contributed by atoms with Crippen LogP contribution in [0.2, 0.25) is 0 Å². The molecular formula is C10H20N2O3. The van der Waals surface area contributed by atoms with E-state index in [2.05, 4.69) is 5.32 Å². The zero-order chi connectivity index (χ0) is 11.5. The SMILES string of the molecule is CN(CC1CCCN1)CC(C)(O)C(=O)O. The zero-order valence-corrected chi connectivity index (χ0v) is 9.36. The minimum absolute atomic E-state index is 0.153. The highest BCUT2D eigenvalue weighted by Crippen LogP contribution is 2.09. The van der Waals surface area contributed by atoms with E-state index in [0.717, 1.165) is 19.5 Å². The maximum absolute atomic E-state index is 10.7. The number of hydrogen-bond donors (Lipinski definition) is 3. The lowest BCUT2D eigenvalue weighted by molar-refractivity contribution is -0.158. The van der Waals surface area contributed by atoms with Crippen LogP contribution in [0.4, 0.5) is 0 Å². The summed E-state index contributed by atoms with van der Waals surface area (Å²) in [6.07, 6.45) is 2.30. The second-order valence-electron chi connectivity index (χ2n) is 4.57. The van der Waals surface area contributed by atoms with Crippen LogP contribution in [0.25, 0.3) is 0 Å². The van der Waals surface area contributed by atoms with Gasteiger partial charge in [0.25, 0.3) is 0 Å². The van der Waals surface area contributed by atoms with Crippen LogP contribution in [0.1, 0.15) is 19.8 Å². The van der Waals surface area contributed by atoms with E-state index >= 15 is 0 Å². The molecule has 1 fully saturated rings. The number of likely N-dealkylation sites (N-methyl/N-ethyl adjacent to an activating group) is 1. The zero-order valence-electron chi connectivity index (χ0n) is 9.36. The van der Waals surface area contributed by atoms with Crippen molar-refractivity contribution in [2.75, 3.05) is 26.7 Å². The molecule has 5 heteroatoms. The highest BCUT2D eigenvalue weighted by Gasteiger charge is 2.31. The average molecular weight is 216 g/mol. The smallest absolute Gasteiger partial charge is 0.336 e. The summed E-state index contributed by atoms with van der Waals surface area (Å²) in [5.74, 6) is -1.17. The van der Waals surface area contributed by atoms with Crippen molar-refractivity contribution in [2.45, 2.75) is 31.4 Å². The number of nitrogens with zero attached hydrogens (tertiary/aromatic N) is 1. The van der Waals surface area contributed by atoms with Gasteiger partial charge in [-0.1, -0.05) is 0 Å². The minimum atomic E-state index is -1.66. The van der Waals surface area contributed by atoms with Gasteiger partial charge >= 0.3 is 5.97 Å². The summed E-state index contributed by atoms with van der Waals surface area (Å²) < 4.78 is 0. The molecule has 0 radical (unpaired) electrons. The molecule has 0 aromatic carbocycles. The van der Waals surface area contributed by atoms with E-state index < -0.39 is 11.6 Å². The van der Waals surface area contributed by atoms with Crippen molar-refractivity contribution < 1.29 is 15.0 Å². The van der Waals surface area contributed by atoms with Crippen molar-refractivity contribution in [2.24, 2.45) is 0 Å². The molecule has 1 saturated heterocycles. The molecule has 15 heavy (non-hydrogen) atoms. The Morgan fingerprint density at radius 3 is 2.80 bits per heavy atom. The molecule has 0 aromatic rings. The van der Waals surface area contributed by atoms with E-state index in [0.29, 0.717) is 6.04 Å². The lowest BCUT2D eigenvalue weighted by Crippen LogP contribution is -2.48. The van der Waals surface area contributed by atoms with Crippen LogP contribution < -0.4 is 5.32 Å². The van der Waals surface area contributed by atoms with Gasteiger partial charge in [-0.15, -0.1) is 0 Å². The fraction of sp³-hybridized carbons (Fsp3) is 0.900. The van der Waals surface area contributed by atoms with Gasteiger partial charge in [0.2, 0.25) is 0 Å². The first kappa shape index (κ1) is 12.4. The molecule has 0 aromatic heterocycles. The van der Waals surface area contributed by atoms with E-state index in [1.807, 2.05) is 11.9 Å². The third kappa shape index (κ3) is 3.77. The number of carbonyl (C=O) groups is 1. The molecule has 0 spiro atoms. The second kappa shape index (κ2) is 4.92. The minimum Gasteiger partial charge on any atom is -0.479 e. The highest BCUT2D eigenvalue weighted by molar-refractivity contribution is 5.76. The molecule has 1 rings (SSSR count). The Morgan fingerprint density at radius 2 is 2.33 bits per heavy atom. The molecule has 0 amide bonds. The van der Waals surface area contributed by atoms with Gasteiger partial charge in [0.1, 0.15) is 0 Å². The van der Waals surface area contributed by atoms with Crippen LogP contribution in [-0.2, 0) is 4.79 Å². The van der Waals surface area contributed by atoms with E-state index in [1.54, 1.807) is 0 Å². The van der Waals surface area contributed by atoms with Crippen LogP contribution in [0.3, 0.4) is 0 Å². The number of rotatable bonds is 5. The highest BCUT2D eigenvalue weighted by atomic mass is 16.4. The molecule has 1 aliphatic heterocycles. The number of carboxylic acids is 1. The van der Waals surface area contributed by atoms with Crippen molar-refractivity contribution in [1.29, 1.82) is 0 Å². The van der Waals surface area contributed by atoms with Crippen molar-refractivity contribution >= 4 is 5.97 Å². The number of nitrogens with one attached hydrogen (secondary N) is 1. The predicted molar refractivity (Wildman–Crippen MR) is 56.8 cm³/mol. The Hall–Kier alpha value is -0.650. The fourth-order valence-corrected chi connectivity index (χ4v) is 1.95. The number of hydrogen-bond acceptors (Lipinski definition) is 4. The molecule has 0 bridgehead atoms. The van der Waals surface area contributed by atoms with E-state index in [4.69, 9.17) is 5.11 Å². The quantitative estimate of drug-likeness (QED) is 0.578. The van der Waals surface area contributed by atoms with Gasteiger partial charge in [0.15, 0.2) is 5.60 Å². The Kier molecular flexibility index (Phi) is 4.07. The van der Waals surface area contributed by atoms with Gasteiger partial charge in [-0.2, -0.15) is 0 Å². The number of carboxylic acid groups (broad SMARTS) is 1. The van der Waals surface area contributed by atoms with E-state index in [9.17, 15) is 9.90 Å². The van der Waals surface area contributed by atoms with Gasteiger partial charge in [0.05, 0.1) is 0 Å². The monoisotopic (exact) mass is 216 g/mol. The van der Waals surface area contributed by atoms with Gasteiger partial charge in [-0.05, 0) is 33.4 Å². The van der Waals surface area contributed by atoms with Crippen molar-refractivity contribution in [1.82, 2.24) is 10.2 Å². The second-order valence-corrected chi connectivity index (χ2v) is 4.57. The van der Waals surface area contributed by atoms with Gasteiger partial charge in [-0.25, -0.2) is 4.79 Å². The van der Waals surface area contributed by atoms with Crippen LogP contribution in [-0.4, -0.2) is 59.4 Å². The van der Waals surface area contributed by atoms with Crippen molar-refractivity contribution in [3.8, 4) is 0 Å². The molecule has 0 saturated carbocycles. The fourth-order valence-electron chi connectivity index (χ4n) is 1.95. The Labute approximate surface area is 90.1 Å². The first-order chi connectivity index (χ1) is 6.92. The standard InChI is InChI=1S/C10H20N2O3/c1-10(15,9(13)14)7-12(2)6-8-4-3-5-11-8/h8,11,15H,3-7H2,1-2H3,(H,13,14). The van der Waals surface area contributed by atoms with Gasteiger partial charge < -0.3 is 20.4 Å². The normalized spacial score (nSPS) is 25.5. The summed E-state index contributed by atoms with van der Waals surface area (Å²) in [6, 6.07) is 0.430. The maximum Gasteiger partial charge on any atom is 0.336 e. The predicted octanol–water partition coefficient (Wildman–Crippen LogP) is -0.494. The third-order valence-electron chi connectivity index (χ3n) is 2.73. The lowest BCUT2D eigenvalue weighted by atomic mass is 10.1. The average Bonchev–Trinajstić information content (AvgIpc) is 2.54. The van der Waals surface area contributed by atoms with Crippen LogP contribution in [0, 0.1) is 0 Å². The van der Waals surface area contributed by atoms with Crippen LogP contribution in [0.15, 0.2) is 0 Å². The molecule has 2 atom stereocenters. The molecule has 3 N–H and O–H groups in total. The van der Waals surface area contributed by atoms with Gasteiger partial charge in [-0.3, -0.25) is 0 Å². The summed E-state index contributed by atoms with van der Waals surface area (Å²) in [5.41, 5.74) is -1.66. The Morgan fingerprint density at radius 1 is 1.67 bits per heavy atom. The maximum atomic E-state index is 10.7.